The third kappa shape index (κ3) is 2.42. The lowest BCUT2D eigenvalue weighted by atomic mass is 9.81. The van der Waals surface area contributed by atoms with Crippen LogP contribution in [0.2, 0.25) is 0 Å². The summed E-state index contributed by atoms with van der Waals surface area (Å²) in [4.78, 5) is 25.7. The maximum atomic E-state index is 12.9. The molecule has 0 bridgehead atoms. The van der Waals surface area contributed by atoms with Crippen molar-refractivity contribution in [2.75, 3.05) is 24.5 Å². The van der Waals surface area contributed by atoms with Crippen LogP contribution in [-0.4, -0.2) is 36.6 Å². The summed E-state index contributed by atoms with van der Waals surface area (Å²) >= 11 is 0. The molecule has 1 aromatic carbocycles. The molecule has 0 aliphatic carbocycles. The zero-order valence-corrected chi connectivity index (χ0v) is 12.2. The van der Waals surface area contributed by atoms with E-state index in [-0.39, 0.29) is 16.9 Å². The number of anilines is 1. The van der Waals surface area contributed by atoms with Crippen LogP contribution in [-0.2, 0) is 11.2 Å². The van der Waals surface area contributed by atoms with E-state index in [0.29, 0.717) is 13.1 Å². The number of carbonyl (C=O) groups is 2. The molecule has 3 rings (SSSR count). The van der Waals surface area contributed by atoms with Crippen molar-refractivity contribution >= 4 is 17.6 Å². The number of fused-ring (bicyclic) bond motifs is 1. The van der Waals surface area contributed by atoms with Gasteiger partial charge in [-0.2, -0.15) is 0 Å². The molecule has 1 amide bonds. The third-order valence-corrected chi connectivity index (χ3v) is 4.58. The summed E-state index contributed by atoms with van der Waals surface area (Å²) in [7, 11) is 0. The van der Waals surface area contributed by atoms with E-state index >= 15 is 0 Å². The number of rotatable bonds is 2. The number of aromatic carboxylic acids is 1. The number of piperidine rings is 1. The van der Waals surface area contributed by atoms with E-state index < -0.39 is 5.97 Å². The first-order valence-electron chi connectivity index (χ1n) is 7.40. The van der Waals surface area contributed by atoms with Gasteiger partial charge in [-0.3, -0.25) is 4.79 Å². The van der Waals surface area contributed by atoms with Crippen molar-refractivity contribution in [3.8, 4) is 0 Å². The largest absolute Gasteiger partial charge is 0.478 e. The van der Waals surface area contributed by atoms with Crippen LogP contribution in [0.1, 0.15) is 35.7 Å². The van der Waals surface area contributed by atoms with Crippen LogP contribution in [0.4, 0.5) is 5.69 Å². The molecule has 0 saturated carbocycles. The zero-order chi connectivity index (χ0) is 15.0. The van der Waals surface area contributed by atoms with Crippen LogP contribution >= 0.6 is 0 Å². The lowest BCUT2D eigenvalue weighted by Gasteiger charge is -2.36. The molecule has 1 saturated heterocycles. The molecule has 5 heteroatoms. The Morgan fingerprint density at radius 2 is 2.19 bits per heavy atom. The van der Waals surface area contributed by atoms with Crippen LogP contribution in [0.5, 0.6) is 0 Å². The molecule has 1 fully saturated rings. The van der Waals surface area contributed by atoms with Crippen molar-refractivity contribution in [3.63, 3.8) is 0 Å². The molecule has 112 valence electrons. The molecule has 2 N–H and O–H groups in total. The second-order valence-electron chi connectivity index (χ2n) is 6.20. The topological polar surface area (TPSA) is 69.6 Å². The number of carboxylic acids is 1. The number of hydrogen-bond acceptors (Lipinski definition) is 3. The minimum atomic E-state index is -0.925. The molecule has 0 aromatic heterocycles. The molecular formula is C16H20N2O3. The van der Waals surface area contributed by atoms with Crippen molar-refractivity contribution in [3.05, 3.63) is 29.3 Å². The minimum absolute atomic E-state index is 0.150. The average Bonchev–Trinajstić information content (AvgIpc) is 2.90. The van der Waals surface area contributed by atoms with Gasteiger partial charge in [0.25, 0.3) is 0 Å². The van der Waals surface area contributed by atoms with E-state index in [1.165, 1.54) is 0 Å². The van der Waals surface area contributed by atoms with E-state index in [1.54, 1.807) is 18.2 Å². The number of nitrogens with one attached hydrogen (secondary N) is 1. The molecule has 1 unspecified atom stereocenters. The zero-order valence-electron chi connectivity index (χ0n) is 12.2. The standard InChI is InChI=1S/C16H20N2O3/c1-16(6-2-7-17-10-16)15(21)18-8-5-11-9-12(14(19)20)3-4-13(11)18/h3-4,9,17H,2,5-8,10H2,1H3,(H,19,20). The number of nitrogens with zero attached hydrogens (tertiary/aromatic N) is 1. The number of hydrogen-bond donors (Lipinski definition) is 2. The van der Waals surface area contributed by atoms with E-state index in [9.17, 15) is 9.59 Å². The summed E-state index contributed by atoms with van der Waals surface area (Å²) in [6.45, 7) is 4.35. The maximum absolute atomic E-state index is 12.9. The van der Waals surface area contributed by atoms with Crippen LogP contribution in [0.15, 0.2) is 18.2 Å². The summed E-state index contributed by atoms with van der Waals surface area (Å²) in [5.74, 6) is -0.775. The monoisotopic (exact) mass is 288 g/mol. The van der Waals surface area contributed by atoms with Crippen molar-refractivity contribution < 1.29 is 14.7 Å². The SMILES string of the molecule is CC1(C(=O)N2CCc3cc(C(=O)O)ccc32)CCCNC1. The van der Waals surface area contributed by atoms with Crippen molar-refractivity contribution in [2.24, 2.45) is 5.41 Å². The Hall–Kier alpha value is -1.88. The summed E-state index contributed by atoms with van der Waals surface area (Å²) in [6.07, 6.45) is 2.64. The Bertz CT molecular complexity index is 591. The van der Waals surface area contributed by atoms with E-state index in [4.69, 9.17) is 5.11 Å². The Kier molecular flexibility index (Phi) is 3.45. The molecule has 2 heterocycles. The second-order valence-corrected chi connectivity index (χ2v) is 6.20. The Labute approximate surface area is 123 Å². The fourth-order valence-electron chi connectivity index (χ4n) is 3.31. The van der Waals surface area contributed by atoms with Crippen LogP contribution in [0.25, 0.3) is 0 Å². The first kappa shape index (κ1) is 14.1. The predicted molar refractivity (Wildman–Crippen MR) is 79.7 cm³/mol. The highest BCUT2D eigenvalue weighted by Crippen LogP contribution is 2.35. The van der Waals surface area contributed by atoms with Gasteiger partial charge in [0.1, 0.15) is 0 Å². The van der Waals surface area contributed by atoms with Gasteiger partial charge in [0.15, 0.2) is 0 Å². The second kappa shape index (κ2) is 5.15. The van der Waals surface area contributed by atoms with Gasteiger partial charge in [-0.05, 0) is 56.5 Å². The van der Waals surface area contributed by atoms with Gasteiger partial charge in [0.2, 0.25) is 5.91 Å². The molecule has 0 spiro atoms. The van der Waals surface area contributed by atoms with E-state index in [0.717, 1.165) is 37.1 Å². The summed E-state index contributed by atoms with van der Waals surface area (Å²) in [6, 6.07) is 5.03. The summed E-state index contributed by atoms with van der Waals surface area (Å²) < 4.78 is 0. The average molecular weight is 288 g/mol. The Morgan fingerprint density at radius 1 is 1.38 bits per heavy atom. The van der Waals surface area contributed by atoms with Gasteiger partial charge in [-0.1, -0.05) is 0 Å². The molecule has 5 nitrogen and oxygen atoms in total. The Balaban J connectivity index is 1.87. The molecule has 2 aliphatic heterocycles. The molecule has 21 heavy (non-hydrogen) atoms. The molecule has 1 aromatic rings. The number of carboxylic acid groups (broad SMARTS) is 1. The van der Waals surface area contributed by atoms with Gasteiger partial charge in [-0.25, -0.2) is 4.79 Å². The number of benzene rings is 1. The molecular weight excluding hydrogens is 268 g/mol. The first-order chi connectivity index (χ1) is 10.0. The van der Waals surface area contributed by atoms with Crippen molar-refractivity contribution in [1.29, 1.82) is 0 Å². The van der Waals surface area contributed by atoms with E-state index in [2.05, 4.69) is 5.32 Å². The van der Waals surface area contributed by atoms with Gasteiger partial charge in [-0.15, -0.1) is 0 Å². The third-order valence-electron chi connectivity index (χ3n) is 4.58. The predicted octanol–water partition coefficient (Wildman–Crippen LogP) is 1.66. The lowest BCUT2D eigenvalue weighted by molar-refractivity contribution is -0.128. The molecule has 2 aliphatic rings. The minimum Gasteiger partial charge on any atom is -0.478 e. The van der Waals surface area contributed by atoms with Crippen LogP contribution < -0.4 is 10.2 Å². The highest BCUT2D eigenvalue weighted by atomic mass is 16.4. The normalized spacial score (nSPS) is 24.7. The van der Waals surface area contributed by atoms with Crippen molar-refractivity contribution in [1.82, 2.24) is 5.32 Å². The fourth-order valence-corrected chi connectivity index (χ4v) is 3.31. The highest BCUT2D eigenvalue weighted by Gasteiger charge is 2.40. The Morgan fingerprint density at radius 3 is 2.86 bits per heavy atom. The van der Waals surface area contributed by atoms with Gasteiger partial charge < -0.3 is 15.3 Å². The van der Waals surface area contributed by atoms with Crippen molar-refractivity contribution in [2.45, 2.75) is 26.2 Å². The van der Waals surface area contributed by atoms with Gasteiger partial charge >= 0.3 is 5.97 Å². The quantitative estimate of drug-likeness (QED) is 0.868. The summed E-state index contributed by atoms with van der Waals surface area (Å²) in [5.41, 5.74) is 1.76. The number of amides is 1. The molecule has 1 atom stereocenters. The summed E-state index contributed by atoms with van der Waals surface area (Å²) in [5, 5.41) is 12.3. The van der Waals surface area contributed by atoms with Crippen LogP contribution in [0.3, 0.4) is 0 Å². The van der Waals surface area contributed by atoms with Gasteiger partial charge in [0, 0.05) is 18.8 Å². The van der Waals surface area contributed by atoms with Gasteiger partial charge in [0.05, 0.1) is 11.0 Å². The number of carbonyl (C=O) groups excluding carboxylic acids is 1. The van der Waals surface area contributed by atoms with E-state index in [1.807, 2.05) is 11.8 Å². The lowest BCUT2D eigenvalue weighted by Crippen LogP contribution is -2.50. The smallest absolute Gasteiger partial charge is 0.335 e. The molecule has 0 radical (unpaired) electrons. The fraction of sp³-hybridized carbons (Fsp3) is 0.500. The van der Waals surface area contributed by atoms with Crippen LogP contribution in [0, 0.1) is 5.41 Å². The first-order valence-corrected chi connectivity index (χ1v) is 7.40. The highest BCUT2D eigenvalue weighted by molar-refractivity contribution is 6.00. The maximum Gasteiger partial charge on any atom is 0.335 e.